The fourth-order valence-electron chi connectivity index (χ4n) is 1.33. The number of allylic oxidation sites excluding steroid dienone is 6. The lowest BCUT2D eigenvalue weighted by Gasteiger charge is -2.10. The standard InChI is InChI=1S/C11H15N/c1-4-6-10-9(2)7-5-8-11(10)12-3/h5-8H,4H2,1-3H3/b10-6-,12-11?. The Bertz CT molecular complexity index is 277. The van der Waals surface area contributed by atoms with Gasteiger partial charge in [0.1, 0.15) is 0 Å². The summed E-state index contributed by atoms with van der Waals surface area (Å²) in [4.78, 5) is 4.22. The van der Waals surface area contributed by atoms with Gasteiger partial charge >= 0.3 is 0 Å². The molecule has 0 radical (unpaired) electrons. The zero-order chi connectivity index (χ0) is 8.97. The lowest BCUT2D eigenvalue weighted by molar-refractivity contribution is 1.20. The molecule has 64 valence electrons. The molecule has 0 atom stereocenters. The Morgan fingerprint density at radius 2 is 2.25 bits per heavy atom. The number of hydrogen-bond acceptors (Lipinski definition) is 1. The highest BCUT2D eigenvalue weighted by molar-refractivity contribution is 6.12. The third-order valence-electron chi connectivity index (χ3n) is 1.95. The molecule has 0 aromatic heterocycles. The van der Waals surface area contributed by atoms with Crippen molar-refractivity contribution in [3.8, 4) is 0 Å². The summed E-state index contributed by atoms with van der Waals surface area (Å²) in [5.74, 6) is 0. The summed E-state index contributed by atoms with van der Waals surface area (Å²) in [6, 6.07) is 0. The van der Waals surface area contributed by atoms with Gasteiger partial charge in [-0.3, -0.25) is 4.99 Å². The van der Waals surface area contributed by atoms with Crippen LogP contribution in [0, 0.1) is 0 Å². The minimum Gasteiger partial charge on any atom is -0.288 e. The van der Waals surface area contributed by atoms with Gasteiger partial charge in [0.15, 0.2) is 0 Å². The van der Waals surface area contributed by atoms with E-state index in [1.54, 1.807) is 0 Å². The fraction of sp³-hybridized carbons (Fsp3) is 0.364. The van der Waals surface area contributed by atoms with Crippen LogP contribution in [0.4, 0.5) is 0 Å². The van der Waals surface area contributed by atoms with Gasteiger partial charge in [-0.2, -0.15) is 0 Å². The van der Waals surface area contributed by atoms with Crippen LogP contribution in [-0.4, -0.2) is 12.8 Å². The summed E-state index contributed by atoms with van der Waals surface area (Å²) in [6.45, 7) is 4.27. The molecule has 0 unspecified atom stereocenters. The van der Waals surface area contributed by atoms with Crippen LogP contribution in [-0.2, 0) is 0 Å². The van der Waals surface area contributed by atoms with Crippen LogP contribution >= 0.6 is 0 Å². The fourth-order valence-corrected chi connectivity index (χ4v) is 1.33. The molecule has 1 rings (SSSR count). The number of nitrogens with zero attached hydrogens (tertiary/aromatic N) is 1. The molecule has 0 spiro atoms. The van der Waals surface area contributed by atoms with E-state index in [0.29, 0.717) is 0 Å². The molecule has 1 aliphatic rings. The van der Waals surface area contributed by atoms with Crippen molar-refractivity contribution in [1.82, 2.24) is 0 Å². The zero-order valence-electron chi connectivity index (χ0n) is 7.96. The molecule has 0 aromatic carbocycles. The summed E-state index contributed by atoms with van der Waals surface area (Å²) < 4.78 is 0. The van der Waals surface area contributed by atoms with Gasteiger partial charge in [-0.05, 0) is 30.6 Å². The molecule has 1 nitrogen and oxygen atoms in total. The molecule has 0 aromatic rings. The van der Waals surface area contributed by atoms with Crippen LogP contribution in [0.3, 0.4) is 0 Å². The van der Waals surface area contributed by atoms with Crippen molar-refractivity contribution < 1.29 is 0 Å². The Balaban J connectivity index is 3.03. The van der Waals surface area contributed by atoms with Gasteiger partial charge in [0.25, 0.3) is 0 Å². The normalized spacial score (nSPS) is 23.4. The predicted molar refractivity (Wildman–Crippen MR) is 54.6 cm³/mol. The first-order valence-electron chi connectivity index (χ1n) is 4.32. The van der Waals surface area contributed by atoms with E-state index in [-0.39, 0.29) is 0 Å². The van der Waals surface area contributed by atoms with E-state index in [0.717, 1.165) is 12.1 Å². The van der Waals surface area contributed by atoms with Crippen molar-refractivity contribution in [3.63, 3.8) is 0 Å². The third kappa shape index (κ3) is 1.73. The van der Waals surface area contributed by atoms with Gasteiger partial charge in [0.2, 0.25) is 0 Å². The topological polar surface area (TPSA) is 12.4 Å². The lowest BCUT2D eigenvalue weighted by Crippen LogP contribution is -2.03. The summed E-state index contributed by atoms with van der Waals surface area (Å²) in [5.41, 5.74) is 3.68. The molecular weight excluding hydrogens is 146 g/mol. The second-order valence-corrected chi connectivity index (χ2v) is 2.84. The van der Waals surface area contributed by atoms with E-state index in [2.05, 4.69) is 37.1 Å². The highest BCUT2D eigenvalue weighted by atomic mass is 14.7. The molecule has 0 aliphatic heterocycles. The summed E-state index contributed by atoms with van der Waals surface area (Å²) in [6.07, 6.45) is 9.50. The van der Waals surface area contributed by atoms with Gasteiger partial charge in [-0.25, -0.2) is 0 Å². The monoisotopic (exact) mass is 161 g/mol. The van der Waals surface area contributed by atoms with Gasteiger partial charge in [0.05, 0.1) is 5.71 Å². The van der Waals surface area contributed by atoms with Crippen LogP contribution in [0.25, 0.3) is 0 Å². The van der Waals surface area contributed by atoms with Crippen LogP contribution in [0.5, 0.6) is 0 Å². The van der Waals surface area contributed by atoms with Gasteiger partial charge in [0, 0.05) is 7.05 Å². The molecule has 0 saturated heterocycles. The van der Waals surface area contributed by atoms with E-state index in [1.807, 2.05) is 13.1 Å². The number of rotatable bonds is 1. The second kappa shape index (κ2) is 4.05. The Morgan fingerprint density at radius 1 is 1.50 bits per heavy atom. The predicted octanol–water partition coefficient (Wildman–Crippen LogP) is 2.91. The minimum atomic E-state index is 1.06. The van der Waals surface area contributed by atoms with Crippen LogP contribution in [0.15, 0.2) is 40.4 Å². The number of hydrogen-bond donors (Lipinski definition) is 0. The van der Waals surface area contributed by atoms with E-state index in [4.69, 9.17) is 0 Å². The maximum atomic E-state index is 4.22. The average Bonchev–Trinajstić information content (AvgIpc) is 2.09. The van der Waals surface area contributed by atoms with Crippen LogP contribution < -0.4 is 0 Å². The average molecular weight is 161 g/mol. The Labute approximate surface area is 74.2 Å². The largest absolute Gasteiger partial charge is 0.288 e. The lowest BCUT2D eigenvalue weighted by atomic mass is 9.97. The maximum Gasteiger partial charge on any atom is 0.0642 e. The van der Waals surface area contributed by atoms with Crippen molar-refractivity contribution in [3.05, 3.63) is 35.5 Å². The van der Waals surface area contributed by atoms with Gasteiger partial charge < -0.3 is 0 Å². The van der Waals surface area contributed by atoms with Crippen molar-refractivity contribution in [1.29, 1.82) is 0 Å². The smallest absolute Gasteiger partial charge is 0.0642 e. The first-order chi connectivity index (χ1) is 5.79. The van der Waals surface area contributed by atoms with Crippen LogP contribution in [0.2, 0.25) is 0 Å². The number of aliphatic imine (C=N–C) groups is 1. The molecule has 0 amide bonds. The molecule has 0 heterocycles. The zero-order valence-corrected chi connectivity index (χ0v) is 7.96. The summed E-state index contributed by atoms with van der Waals surface area (Å²) in [7, 11) is 1.84. The quantitative estimate of drug-likeness (QED) is 0.560. The Hall–Kier alpha value is -1.11. The highest BCUT2D eigenvalue weighted by Gasteiger charge is 2.07. The SMILES string of the molecule is CC/C=C1/C(C)=CC=CC1=NC. The van der Waals surface area contributed by atoms with E-state index in [9.17, 15) is 0 Å². The van der Waals surface area contributed by atoms with E-state index >= 15 is 0 Å². The van der Waals surface area contributed by atoms with Gasteiger partial charge in [-0.15, -0.1) is 0 Å². The Morgan fingerprint density at radius 3 is 2.83 bits per heavy atom. The van der Waals surface area contributed by atoms with Crippen molar-refractivity contribution >= 4 is 5.71 Å². The third-order valence-corrected chi connectivity index (χ3v) is 1.95. The summed E-state index contributed by atoms with van der Waals surface area (Å²) >= 11 is 0. The van der Waals surface area contributed by atoms with E-state index < -0.39 is 0 Å². The van der Waals surface area contributed by atoms with Crippen LogP contribution in [0.1, 0.15) is 20.3 Å². The first-order valence-corrected chi connectivity index (χ1v) is 4.32. The molecule has 0 saturated carbocycles. The molecule has 1 aliphatic carbocycles. The highest BCUT2D eigenvalue weighted by Crippen LogP contribution is 2.17. The molecule has 1 heteroatoms. The molecular formula is C11H15N. The van der Waals surface area contributed by atoms with E-state index in [1.165, 1.54) is 11.1 Å². The minimum absolute atomic E-state index is 1.06. The molecule has 0 N–H and O–H groups in total. The van der Waals surface area contributed by atoms with Gasteiger partial charge in [-0.1, -0.05) is 25.2 Å². The molecule has 0 fully saturated rings. The summed E-state index contributed by atoms with van der Waals surface area (Å²) in [5, 5.41) is 0. The second-order valence-electron chi connectivity index (χ2n) is 2.84. The molecule has 0 bridgehead atoms. The maximum absolute atomic E-state index is 4.22. The Kier molecular flexibility index (Phi) is 3.03. The van der Waals surface area contributed by atoms with Crippen molar-refractivity contribution in [2.75, 3.05) is 7.05 Å². The van der Waals surface area contributed by atoms with Crippen molar-refractivity contribution in [2.45, 2.75) is 20.3 Å². The van der Waals surface area contributed by atoms with Crippen molar-refractivity contribution in [2.24, 2.45) is 4.99 Å². The molecule has 12 heavy (non-hydrogen) atoms. The first kappa shape index (κ1) is 8.98.